The van der Waals surface area contributed by atoms with E-state index in [2.05, 4.69) is 10.5 Å². The van der Waals surface area contributed by atoms with E-state index in [-0.39, 0.29) is 25.0 Å². The summed E-state index contributed by atoms with van der Waals surface area (Å²) in [6.07, 6.45) is 0. The molecule has 0 saturated carbocycles. The molecule has 3 heteroatoms. The molecule has 0 saturated heterocycles. The van der Waals surface area contributed by atoms with Crippen LogP contribution in [-0.2, 0) is 3.42 Å². The van der Waals surface area contributed by atoms with Crippen molar-refractivity contribution in [2.75, 3.05) is 0 Å². The van der Waals surface area contributed by atoms with Gasteiger partial charge in [-0.05, 0) is 0 Å². The molecular formula is C2H3AsOSi. The zero-order chi connectivity index (χ0) is 3.54. The Morgan fingerprint density at radius 3 is 3.00 bits per heavy atom. The van der Waals surface area contributed by atoms with Crippen molar-refractivity contribution in [2.24, 2.45) is 0 Å². The van der Waals surface area contributed by atoms with Gasteiger partial charge >= 0.3 is 38.9 Å². The summed E-state index contributed by atoms with van der Waals surface area (Å²) in [5.41, 5.74) is 2.14. The minimum atomic E-state index is 0.211. The standard InChI is InChI=1S/C2H3AsOSi/c1-2-5-4-3-1/h1-2,5H. The van der Waals surface area contributed by atoms with Crippen molar-refractivity contribution in [3.63, 3.8) is 0 Å². The fraction of sp³-hybridized carbons (Fsp3) is 0. The van der Waals surface area contributed by atoms with Crippen molar-refractivity contribution in [1.29, 1.82) is 0 Å². The van der Waals surface area contributed by atoms with Crippen LogP contribution < -0.4 is 0 Å². The molecule has 1 aliphatic heterocycles. The molecule has 0 fully saturated rings. The van der Waals surface area contributed by atoms with Crippen molar-refractivity contribution in [3.8, 4) is 0 Å². The first-order valence-electron chi connectivity index (χ1n) is 1.34. The molecule has 0 aliphatic carbocycles. The topological polar surface area (TPSA) is 9.23 Å². The molecule has 0 spiro atoms. The van der Waals surface area contributed by atoms with E-state index in [1.807, 2.05) is 0 Å². The van der Waals surface area contributed by atoms with E-state index in [0.717, 1.165) is 0 Å². The Bertz CT molecular complexity index is 67.7. The molecule has 26 valence electrons. The van der Waals surface area contributed by atoms with Crippen LogP contribution in [0.25, 0.3) is 0 Å². The Kier molecular flexibility index (Phi) is 1.18. The van der Waals surface area contributed by atoms with Gasteiger partial charge in [0.05, 0.1) is 0 Å². The molecule has 0 N–H and O–H groups in total. The fourth-order valence-electron chi connectivity index (χ4n) is 0.176. The molecule has 1 heterocycles. The maximum absolute atomic E-state index is 5.01. The number of hydrogen-bond acceptors (Lipinski definition) is 1. The summed E-state index contributed by atoms with van der Waals surface area (Å²) in [5.74, 6) is 0. The van der Waals surface area contributed by atoms with E-state index < -0.39 is 0 Å². The first-order valence-corrected chi connectivity index (χ1v) is 4.33. The van der Waals surface area contributed by atoms with E-state index in [4.69, 9.17) is 3.42 Å². The quantitative estimate of drug-likeness (QED) is 0.381. The zero-order valence-corrected chi connectivity index (χ0v) is 5.62. The van der Waals surface area contributed by atoms with Crippen LogP contribution in [0, 0.1) is 0 Å². The van der Waals surface area contributed by atoms with Crippen molar-refractivity contribution in [3.05, 3.63) is 0 Å². The van der Waals surface area contributed by atoms with Crippen LogP contribution in [0.15, 0.2) is 0 Å². The third-order valence-electron chi connectivity index (χ3n) is 0.347. The van der Waals surface area contributed by atoms with Crippen molar-refractivity contribution >= 4 is 35.5 Å². The molecule has 5 heavy (non-hydrogen) atoms. The van der Waals surface area contributed by atoms with Crippen LogP contribution >= 0.6 is 0 Å². The van der Waals surface area contributed by atoms with E-state index in [9.17, 15) is 0 Å². The van der Waals surface area contributed by atoms with Gasteiger partial charge in [-0.1, -0.05) is 0 Å². The second kappa shape index (κ2) is 1.68. The van der Waals surface area contributed by atoms with E-state index in [1.54, 1.807) is 0 Å². The van der Waals surface area contributed by atoms with Crippen LogP contribution in [0.2, 0.25) is 0 Å². The maximum atomic E-state index is 5.01. The summed E-state index contributed by atoms with van der Waals surface area (Å²) < 4.78 is 5.01. The van der Waals surface area contributed by atoms with Gasteiger partial charge in [-0.2, -0.15) is 0 Å². The molecule has 0 bridgehead atoms. The molecule has 0 aromatic carbocycles. The Morgan fingerprint density at radius 1 is 1.80 bits per heavy atom. The third kappa shape index (κ3) is 0.819. The molecule has 1 nitrogen and oxygen atoms in total. The monoisotopic (exact) mass is 146 g/mol. The Labute approximate surface area is 39.5 Å². The molecule has 0 radical (unpaired) electrons. The van der Waals surface area contributed by atoms with E-state index >= 15 is 0 Å². The second-order valence-electron chi connectivity index (χ2n) is 0.688. The predicted octanol–water partition coefficient (Wildman–Crippen LogP) is -1.41. The molecule has 0 atom stereocenters. The average Bonchev–Trinajstić information content (AvgIpc) is 1.76. The van der Waals surface area contributed by atoms with Crippen LogP contribution in [0.1, 0.15) is 0 Å². The van der Waals surface area contributed by atoms with Crippen molar-refractivity contribution in [2.45, 2.75) is 0 Å². The summed E-state index contributed by atoms with van der Waals surface area (Å²) in [6, 6.07) is 0. The van der Waals surface area contributed by atoms with Gasteiger partial charge in [-0.3, -0.25) is 0 Å². The van der Waals surface area contributed by atoms with Gasteiger partial charge in [-0.15, -0.1) is 0 Å². The van der Waals surface area contributed by atoms with Gasteiger partial charge in [0.15, 0.2) is 0 Å². The summed E-state index contributed by atoms with van der Waals surface area (Å²) in [7, 11) is 0.287. The second-order valence-corrected chi connectivity index (χ2v) is 3.95. The average molecular weight is 146 g/mol. The first kappa shape index (κ1) is 3.50. The fourth-order valence-corrected chi connectivity index (χ4v) is 2.74. The number of rotatable bonds is 0. The third-order valence-corrected chi connectivity index (χ3v) is 3.79. The van der Waals surface area contributed by atoms with Gasteiger partial charge in [0.25, 0.3) is 0 Å². The summed E-state index contributed by atoms with van der Waals surface area (Å²) >= 11 is 0.211. The van der Waals surface area contributed by atoms with Crippen molar-refractivity contribution in [1.82, 2.24) is 0 Å². The minimum absolute atomic E-state index is 0.211. The Hall–Kier alpha value is 0.315. The first-order chi connectivity index (χ1) is 2.50. The molecular weight excluding hydrogens is 143 g/mol. The van der Waals surface area contributed by atoms with Crippen LogP contribution in [0.3, 0.4) is 0 Å². The predicted molar refractivity (Wildman–Crippen MR) is 26.1 cm³/mol. The molecule has 1 aliphatic rings. The molecule has 0 aromatic heterocycles. The summed E-state index contributed by atoms with van der Waals surface area (Å²) in [5, 5.41) is 0. The van der Waals surface area contributed by atoms with E-state index in [1.165, 1.54) is 0 Å². The van der Waals surface area contributed by atoms with Gasteiger partial charge in [0.2, 0.25) is 0 Å². The molecule has 0 unspecified atom stereocenters. The van der Waals surface area contributed by atoms with Crippen LogP contribution in [0.4, 0.5) is 0 Å². The van der Waals surface area contributed by atoms with Crippen molar-refractivity contribution < 1.29 is 3.42 Å². The summed E-state index contributed by atoms with van der Waals surface area (Å²) in [6.45, 7) is 0. The van der Waals surface area contributed by atoms with Gasteiger partial charge in [-0.25, -0.2) is 0 Å². The van der Waals surface area contributed by atoms with Gasteiger partial charge in [0.1, 0.15) is 0 Å². The molecule has 0 amide bonds. The molecule has 1 rings (SSSR count). The van der Waals surface area contributed by atoms with E-state index in [0.29, 0.717) is 0 Å². The number of hydrogen-bond donors (Lipinski definition) is 0. The SMILES string of the molecule is C1=[SiH]O[As]=C1. The van der Waals surface area contributed by atoms with Gasteiger partial charge < -0.3 is 0 Å². The zero-order valence-electron chi connectivity index (χ0n) is 2.59. The summed E-state index contributed by atoms with van der Waals surface area (Å²) in [4.78, 5) is 2.14. The van der Waals surface area contributed by atoms with Crippen LogP contribution in [0.5, 0.6) is 0 Å². The van der Waals surface area contributed by atoms with Gasteiger partial charge in [0, 0.05) is 0 Å². The normalized spacial score (nSPS) is 19.2. The Morgan fingerprint density at radius 2 is 2.80 bits per heavy atom. The Balaban J connectivity index is 2.61. The van der Waals surface area contributed by atoms with Crippen LogP contribution in [-0.4, -0.2) is 35.5 Å². The molecule has 0 aromatic rings.